The highest BCUT2D eigenvalue weighted by molar-refractivity contribution is 5.76. The van der Waals surface area contributed by atoms with Crippen LogP contribution >= 0.6 is 0 Å². The Bertz CT molecular complexity index is 557. The van der Waals surface area contributed by atoms with Gasteiger partial charge in [-0.2, -0.15) is 0 Å². The molecule has 0 radical (unpaired) electrons. The van der Waals surface area contributed by atoms with Crippen LogP contribution in [0.2, 0.25) is 0 Å². The summed E-state index contributed by atoms with van der Waals surface area (Å²) < 4.78 is 16.6. The van der Waals surface area contributed by atoms with Crippen molar-refractivity contribution in [3.8, 4) is 5.75 Å². The second-order valence-corrected chi connectivity index (χ2v) is 6.66. The Labute approximate surface area is 155 Å². The van der Waals surface area contributed by atoms with Crippen molar-refractivity contribution < 1.29 is 19.0 Å². The standard InChI is InChI=1S/C19H29N3O4/c23-19(13-17-15-25-8-4-20-17)21-14-16-2-1-3-18(12-16)26-11-7-22-5-9-24-10-6-22/h1-3,12,17,20H,4-11,13-15H2,(H,21,23). The summed E-state index contributed by atoms with van der Waals surface area (Å²) in [5.74, 6) is 0.874. The fraction of sp³-hybridized carbons (Fsp3) is 0.632. The molecule has 2 heterocycles. The Hall–Kier alpha value is -1.67. The molecule has 7 nitrogen and oxygen atoms in total. The van der Waals surface area contributed by atoms with Gasteiger partial charge in [0.2, 0.25) is 5.91 Å². The van der Waals surface area contributed by atoms with Gasteiger partial charge in [-0.3, -0.25) is 9.69 Å². The van der Waals surface area contributed by atoms with E-state index in [1.54, 1.807) is 0 Å². The van der Waals surface area contributed by atoms with E-state index in [1.807, 2.05) is 24.3 Å². The molecule has 2 saturated heterocycles. The van der Waals surface area contributed by atoms with Crippen molar-refractivity contribution in [2.45, 2.75) is 19.0 Å². The van der Waals surface area contributed by atoms with Crippen LogP contribution in [0.15, 0.2) is 24.3 Å². The first-order chi connectivity index (χ1) is 12.8. The number of nitrogens with zero attached hydrogens (tertiary/aromatic N) is 1. The number of morpholine rings is 2. The maximum absolute atomic E-state index is 12.1. The molecule has 2 aliphatic rings. The number of benzene rings is 1. The zero-order valence-corrected chi connectivity index (χ0v) is 15.2. The van der Waals surface area contributed by atoms with E-state index in [-0.39, 0.29) is 11.9 Å². The van der Waals surface area contributed by atoms with Gasteiger partial charge in [0.1, 0.15) is 12.4 Å². The van der Waals surface area contributed by atoms with Crippen LogP contribution in [-0.4, -0.2) is 76.1 Å². The van der Waals surface area contributed by atoms with Gasteiger partial charge in [0, 0.05) is 45.2 Å². The van der Waals surface area contributed by atoms with Crippen LogP contribution in [0.4, 0.5) is 0 Å². The first-order valence-corrected chi connectivity index (χ1v) is 9.39. The molecule has 0 bridgehead atoms. The zero-order chi connectivity index (χ0) is 18.0. The number of nitrogens with one attached hydrogen (secondary N) is 2. The van der Waals surface area contributed by atoms with Crippen LogP contribution in [0.3, 0.4) is 0 Å². The number of rotatable bonds is 8. The van der Waals surface area contributed by atoms with E-state index in [2.05, 4.69) is 15.5 Å². The maximum Gasteiger partial charge on any atom is 0.221 e. The molecule has 26 heavy (non-hydrogen) atoms. The van der Waals surface area contributed by atoms with Crippen molar-refractivity contribution in [3.63, 3.8) is 0 Å². The van der Waals surface area contributed by atoms with Crippen molar-refractivity contribution >= 4 is 5.91 Å². The molecule has 3 rings (SSSR count). The SMILES string of the molecule is O=C(CC1COCCN1)NCc1cccc(OCCN2CCOCC2)c1. The van der Waals surface area contributed by atoms with E-state index in [1.165, 1.54) is 0 Å². The van der Waals surface area contributed by atoms with Gasteiger partial charge in [0.15, 0.2) is 0 Å². The van der Waals surface area contributed by atoms with Gasteiger partial charge in [0.05, 0.1) is 26.4 Å². The minimum atomic E-state index is 0.0339. The smallest absolute Gasteiger partial charge is 0.221 e. The van der Waals surface area contributed by atoms with Crippen LogP contribution < -0.4 is 15.4 Å². The predicted molar refractivity (Wildman–Crippen MR) is 98.3 cm³/mol. The highest BCUT2D eigenvalue weighted by atomic mass is 16.5. The van der Waals surface area contributed by atoms with E-state index in [4.69, 9.17) is 14.2 Å². The Morgan fingerprint density at radius 2 is 2.15 bits per heavy atom. The number of ether oxygens (including phenoxy) is 3. The van der Waals surface area contributed by atoms with Crippen LogP contribution in [0.1, 0.15) is 12.0 Å². The molecule has 0 aromatic heterocycles. The fourth-order valence-corrected chi connectivity index (χ4v) is 3.11. The summed E-state index contributed by atoms with van der Waals surface area (Å²) in [5, 5.41) is 6.26. The van der Waals surface area contributed by atoms with Crippen molar-refractivity contribution in [1.82, 2.24) is 15.5 Å². The van der Waals surface area contributed by atoms with E-state index >= 15 is 0 Å². The quantitative estimate of drug-likeness (QED) is 0.696. The molecule has 1 amide bonds. The molecule has 1 atom stereocenters. The zero-order valence-electron chi connectivity index (χ0n) is 15.2. The second-order valence-electron chi connectivity index (χ2n) is 6.66. The Morgan fingerprint density at radius 1 is 1.27 bits per heavy atom. The number of hydrogen-bond acceptors (Lipinski definition) is 6. The molecule has 1 unspecified atom stereocenters. The van der Waals surface area contributed by atoms with Gasteiger partial charge >= 0.3 is 0 Å². The predicted octanol–water partition coefficient (Wildman–Crippen LogP) is 0.392. The molecule has 2 fully saturated rings. The van der Waals surface area contributed by atoms with Crippen LogP contribution in [0, 0.1) is 0 Å². The first-order valence-electron chi connectivity index (χ1n) is 9.39. The maximum atomic E-state index is 12.1. The van der Waals surface area contributed by atoms with Crippen molar-refractivity contribution in [2.24, 2.45) is 0 Å². The van der Waals surface area contributed by atoms with Crippen LogP contribution in [0.25, 0.3) is 0 Å². The molecule has 1 aromatic rings. The lowest BCUT2D eigenvalue weighted by Crippen LogP contribution is -2.44. The lowest BCUT2D eigenvalue weighted by Gasteiger charge is -2.26. The van der Waals surface area contributed by atoms with Gasteiger partial charge in [-0.05, 0) is 17.7 Å². The second kappa shape index (κ2) is 10.5. The molecule has 1 aromatic carbocycles. The lowest BCUT2D eigenvalue weighted by molar-refractivity contribution is -0.122. The van der Waals surface area contributed by atoms with E-state index < -0.39 is 0 Å². The normalized spacial score (nSPS) is 21.3. The third kappa shape index (κ3) is 6.57. The largest absolute Gasteiger partial charge is 0.492 e. The Morgan fingerprint density at radius 3 is 2.96 bits per heavy atom. The van der Waals surface area contributed by atoms with Gasteiger partial charge in [-0.25, -0.2) is 0 Å². The Kier molecular flexibility index (Phi) is 7.69. The van der Waals surface area contributed by atoms with Gasteiger partial charge < -0.3 is 24.8 Å². The van der Waals surface area contributed by atoms with Gasteiger partial charge in [-0.1, -0.05) is 12.1 Å². The summed E-state index contributed by atoms with van der Waals surface area (Å²) in [6.07, 6.45) is 0.440. The first kappa shape index (κ1) is 19.1. The number of carbonyl (C=O) groups is 1. The third-order valence-corrected chi connectivity index (χ3v) is 4.60. The minimum Gasteiger partial charge on any atom is -0.492 e. The monoisotopic (exact) mass is 363 g/mol. The summed E-state index contributed by atoms with van der Waals surface area (Å²) >= 11 is 0. The van der Waals surface area contributed by atoms with Crippen LogP contribution in [-0.2, 0) is 20.8 Å². The average molecular weight is 363 g/mol. The van der Waals surface area contributed by atoms with E-state index in [0.717, 1.165) is 57.3 Å². The minimum absolute atomic E-state index is 0.0339. The van der Waals surface area contributed by atoms with Crippen molar-refractivity contribution in [2.75, 3.05) is 59.2 Å². The lowest BCUT2D eigenvalue weighted by atomic mass is 10.1. The molecular weight excluding hydrogens is 334 g/mol. The topological polar surface area (TPSA) is 72.1 Å². The highest BCUT2D eigenvalue weighted by Crippen LogP contribution is 2.13. The average Bonchev–Trinajstić information content (AvgIpc) is 2.68. The highest BCUT2D eigenvalue weighted by Gasteiger charge is 2.16. The van der Waals surface area contributed by atoms with E-state index in [0.29, 0.717) is 26.2 Å². The molecule has 0 aliphatic carbocycles. The number of hydrogen-bond donors (Lipinski definition) is 2. The van der Waals surface area contributed by atoms with Gasteiger partial charge in [-0.15, -0.1) is 0 Å². The van der Waals surface area contributed by atoms with Crippen molar-refractivity contribution in [1.29, 1.82) is 0 Å². The summed E-state index contributed by atoms with van der Waals surface area (Å²) in [6.45, 7) is 7.73. The van der Waals surface area contributed by atoms with E-state index in [9.17, 15) is 4.79 Å². The molecule has 144 valence electrons. The molecule has 2 N–H and O–H groups in total. The molecule has 2 aliphatic heterocycles. The summed E-state index contributed by atoms with van der Waals surface area (Å²) in [7, 11) is 0. The Balaban J connectivity index is 1.36. The number of carbonyl (C=O) groups excluding carboxylic acids is 1. The molecule has 0 saturated carbocycles. The summed E-state index contributed by atoms with van der Waals surface area (Å²) in [6, 6.07) is 8.01. The fourth-order valence-electron chi connectivity index (χ4n) is 3.11. The summed E-state index contributed by atoms with van der Waals surface area (Å²) in [5.41, 5.74) is 1.04. The van der Waals surface area contributed by atoms with Crippen LogP contribution in [0.5, 0.6) is 5.75 Å². The summed E-state index contributed by atoms with van der Waals surface area (Å²) in [4.78, 5) is 14.4. The molecule has 7 heteroatoms. The number of amides is 1. The van der Waals surface area contributed by atoms with Crippen molar-refractivity contribution in [3.05, 3.63) is 29.8 Å². The molecule has 0 spiro atoms. The third-order valence-electron chi connectivity index (χ3n) is 4.60. The molecular formula is C19H29N3O4. The van der Waals surface area contributed by atoms with Gasteiger partial charge in [0.25, 0.3) is 0 Å².